The van der Waals surface area contributed by atoms with E-state index in [-0.39, 0.29) is 33.7 Å². The highest BCUT2D eigenvalue weighted by Crippen LogP contribution is 2.36. The van der Waals surface area contributed by atoms with E-state index in [2.05, 4.69) is 9.97 Å². The van der Waals surface area contributed by atoms with Gasteiger partial charge >= 0.3 is 12.4 Å². The molecule has 0 unspecified atom stereocenters. The number of nitriles is 1. The lowest BCUT2D eigenvalue weighted by atomic mass is 10.1. The van der Waals surface area contributed by atoms with Gasteiger partial charge in [-0.25, -0.2) is 17.8 Å². The molecule has 1 aromatic carbocycles. The third-order valence-corrected chi connectivity index (χ3v) is 6.98. The van der Waals surface area contributed by atoms with E-state index in [0.717, 1.165) is 42.6 Å². The fraction of sp³-hybridized carbons (Fsp3) is 0.174. The molecule has 3 aromatic heterocycles. The molecule has 4 aromatic rings. The van der Waals surface area contributed by atoms with Crippen molar-refractivity contribution in [2.75, 3.05) is 0 Å². The molecule has 0 aliphatic heterocycles. The Balaban J connectivity index is 1.88. The molecule has 0 spiro atoms. The second-order valence-electron chi connectivity index (χ2n) is 8.00. The molecule has 0 aliphatic rings. The third-order valence-electron chi connectivity index (χ3n) is 5.46. The predicted molar refractivity (Wildman–Crippen MR) is 120 cm³/mol. The van der Waals surface area contributed by atoms with Crippen molar-refractivity contribution in [3.8, 4) is 23.3 Å². The number of sulfonamides is 1. The lowest BCUT2D eigenvalue weighted by Crippen LogP contribution is -2.42. The van der Waals surface area contributed by atoms with E-state index in [1.165, 1.54) is 15.4 Å². The van der Waals surface area contributed by atoms with Crippen molar-refractivity contribution < 1.29 is 39.2 Å². The summed E-state index contributed by atoms with van der Waals surface area (Å²) in [7, 11) is -4.64. The average Bonchev–Trinajstić information content (AvgIpc) is 3.16. The van der Waals surface area contributed by atoms with Crippen LogP contribution in [0.3, 0.4) is 0 Å². The number of rotatable bonds is 5. The first-order chi connectivity index (χ1) is 17.6. The van der Waals surface area contributed by atoms with E-state index < -0.39 is 44.7 Å². The molecular formula is C23H14F7N5O2S. The fourth-order valence-corrected chi connectivity index (χ4v) is 4.76. The summed E-state index contributed by atoms with van der Waals surface area (Å²) in [5.41, 5.74) is -1.14. The van der Waals surface area contributed by atoms with E-state index in [9.17, 15) is 44.4 Å². The molecule has 198 valence electrons. The zero-order valence-corrected chi connectivity index (χ0v) is 19.7. The van der Waals surface area contributed by atoms with E-state index in [0.29, 0.717) is 13.1 Å². The maximum absolute atomic E-state index is 14.0. The summed E-state index contributed by atoms with van der Waals surface area (Å²) in [6.07, 6.45) is -8.19. The Bertz CT molecular complexity index is 1650. The first-order valence-corrected chi connectivity index (χ1v) is 11.9. The monoisotopic (exact) mass is 557 g/mol. The molecule has 0 amide bonds. The standard InChI is InChI=1S/C23H14F7N5O2S/c1-12(22(25,26)27)34-38(36,37)15-4-5-18(32-11-15)21-17(9-31)16-8-14(24)3-6-19(16)35(21)20-7-2-13(10-33-20)23(28,29)30/h2-8,10-12,34H,1H3/t12-/m0/s1. The third kappa shape index (κ3) is 5.04. The molecule has 0 fully saturated rings. The normalized spacial score (nSPS) is 13.4. The van der Waals surface area contributed by atoms with Crippen molar-refractivity contribution in [1.82, 2.24) is 19.3 Å². The average molecular weight is 557 g/mol. The largest absolute Gasteiger partial charge is 0.417 e. The topological polar surface area (TPSA) is 101 Å². The second kappa shape index (κ2) is 9.37. The highest BCUT2D eigenvalue weighted by Gasteiger charge is 2.39. The van der Waals surface area contributed by atoms with Gasteiger partial charge < -0.3 is 0 Å². The van der Waals surface area contributed by atoms with Crippen LogP contribution in [0.15, 0.2) is 59.8 Å². The quantitative estimate of drug-likeness (QED) is 0.334. The summed E-state index contributed by atoms with van der Waals surface area (Å²) < 4.78 is 119. The minimum absolute atomic E-state index is 0.0547. The van der Waals surface area contributed by atoms with E-state index >= 15 is 0 Å². The molecular weight excluding hydrogens is 543 g/mol. The predicted octanol–water partition coefficient (Wildman–Crippen LogP) is 5.35. The van der Waals surface area contributed by atoms with Crippen LogP contribution in [-0.2, 0) is 16.2 Å². The smallest absolute Gasteiger partial charge is 0.291 e. The van der Waals surface area contributed by atoms with Crippen LogP contribution in [0.25, 0.3) is 28.1 Å². The molecule has 3 heterocycles. The van der Waals surface area contributed by atoms with Crippen LogP contribution < -0.4 is 4.72 Å². The Morgan fingerprint density at radius 1 is 1.00 bits per heavy atom. The number of halogens is 7. The fourth-order valence-electron chi connectivity index (χ4n) is 3.59. The number of pyridine rings is 2. The summed E-state index contributed by atoms with van der Waals surface area (Å²) in [6.45, 7) is 0.618. The minimum Gasteiger partial charge on any atom is -0.291 e. The van der Waals surface area contributed by atoms with Crippen molar-refractivity contribution >= 4 is 20.9 Å². The van der Waals surface area contributed by atoms with Gasteiger partial charge in [-0.3, -0.25) is 9.55 Å². The first kappa shape index (κ1) is 27.0. The molecule has 7 nitrogen and oxygen atoms in total. The Morgan fingerprint density at radius 3 is 2.24 bits per heavy atom. The Hall–Kier alpha value is -4.03. The summed E-state index contributed by atoms with van der Waals surface area (Å²) >= 11 is 0. The summed E-state index contributed by atoms with van der Waals surface area (Å²) in [4.78, 5) is 7.20. The number of nitrogens with zero attached hydrogens (tertiary/aromatic N) is 4. The van der Waals surface area contributed by atoms with Gasteiger partial charge in [-0.05, 0) is 49.4 Å². The number of aromatic nitrogens is 3. The molecule has 0 aliphatic carbocycles. The lowest BCUT2D eigenvalue weighted by molar-refractivity contribution is -0.147. The van der Waals surface area contributed by atoms with Crippen LogP contribution in [0.2, 0.25) is 0 Å². The van der Waals surface area contributed by atoms with Gasteiger partial charge in [0.2, 0.25) is 10.0 Å². The molecule has 0 bridgehead atoms. The second-order valence-corrected chi connectivity index (χ2v) is 9.71. The van der Waals surface area contributed by atoms with Gasteiger partial charge in [0.1, 0.15) is 28.6 Å². The molecule has 4 rings (SSSR count). The van der Waals surface area contributed by atoms with Gasteiger partial charge in [-0.15, -0.1) is 0 Å². The van der Waals surface area contributed by atoms with Crippen LogP contribution in [-0.4, -0.2) is 35.2 Å². The molecule has 15 heteroatoms. The molecule has 1 N–H and O–H groups in total. The van der Waals surface area contributed by atoms with Crippen LogP contribution in [0.4, 0.5) is 30.7 Å². The maximum atomic E-state index is 14.0. The Morgan fingerprint density at radius 2 is 1.71 bits per heavy atom. The van der Waals surface area contributed by atoms with E-state index in [1.54, 1.807) is 0 Å². The summed E-state index contributed by atoms with van der Waals surface area (Å²) in [5, 5.41) is 9.92. The Kier molecular flexibility index (Phi) is 6.66. The van der Waals surface area contributed by atoms with Gasteiger partial charge in [0, 0.05) is 17.8 Å². The number of alkyl halides is 6. The highest BCUT2D eigenvalue weighted by atomic mass is 32.2. The first-order valence-electron chi connectivity index (χ1n) is 10.5. The van der Waals surface area contributed by atoms with Gasteiger partial charge in [0.25, 0.3) is 0 Å². The van der Waals surface area contributed by atoms with Crippen molar-refractivity contribution in [2.45, 2.75) is 30.2 Å². The van der Waals surface area contributed by atoms with Gasteiger partial charge in [-0.2, -0.15) is 36.3 Å². The SMILES string of the molecule is C[C@H](NS(=O)(=O)c1ccc(-c2c(C#N)c3cc(F)ccc3n2-c2ccc(C(F)(F)F)cn2)nc1)C(F)(F)F. The van der Waals surface area contributed by atoms with E-state index in [4.69, 9.17) is 0 Å². The Labute approximate surface area is 210 Å². The minimum atomic E-state index is -4.84. The summed E-state index contributed by atoms with van der Waals surface area (Å²) in [6, 6.07) is 6.68. The van der Waals surface area contributed by atoms with Gasteiger partial charge in [0.15, 0.2) is 0 Å². The number of benzene rings is 1. The number of hydrogen-bond donors (Lipinski definition) is 1. The molecule has 38 heavy (non-hydrogen) atoms. The highest BCUT2D eigenvalue weighted by molar-refractivity contribution is 7.89. The molecule has 0 saturated carbocycles. The van der Waals surface area contributed by atoms with Crippen LogP contribution in [0, 0.1) is 17.1 Å². The van der Waals surface area contributed by atoms with Crippen molar-refractivity contribution in [1.29, 1.82) is 5.26 Å². The van der Waals surface area contributed by atoms with Crippen molar-refractivity contribution in [3.05, 3.63) is 71.8 Å². The number of nitrogens with one attached hydrogen (secondary N) is 1. The lowest BCUT2D eigenvalue weighted by Gasteiger charge is -2.17. The van der Waals surface area contributed by atoms with Gasteiger partial charge in [0.05, 0.1) is 28.0 Å². The van der Waals surface area contributed by atoms with Crippen molar-refractivity contribution in [3.63, 3.8) is 0 Å². The maximum Gasteiger partial charge on any atom is 0.417 e. The van der Waals surface area contributed by atoms with Crippen LogP contribution in [0.1, 0.15) is 18.1 Å². The zero-order valence-electron chi connectivity index (χ0n) is 18.9. The molecule has 0 radical (unpaired) electrons. The molecule has 1 atom stereocenters. The van der Waals surface area contributed by atoms with Crippen LogP contribution in [0.5, 0.6) is 0 Å². The molecule has 0 saturated heterocycles. The summed E-state index contributed by atoms with van der Waals surface area (Å²) in [5.74, 6) is -0.803. The van der Waals surface area contributed by atoms with Crippen LogP contribution >= 0.6 is 0 Å². The number of hydrogen-bond acceptors (Lipinski definition) is 5. The number of fused-ring (bicyclic) bond motifs is 1. The van der Waals surface area contributed by atoms with Crippen molar-refractivity contribution in [2.24, 2.45) is 0 Å². The van der Waals surface area contributed by atoms with E-state index in [1.807, 2.05) is 6.07 Å². The zero-order chi connectivity index (χ0) is 28.0. The van der Waals surface area contributed by atoms with Gasteiger partial charge in [-0.1, -0.05) is 0 Å².